The quantitative estimate of drug-likeness (QED) is 0.607. The number of benzene rings is 1. The van der Waals surface area contributed by atoms with Crippen LogP contribution in [0.3, 0.4) is 0 Å². The second-order valence-corrected chi connectivity index (χ2v) is 7.34. The van der Waals surface area contributed by atoms with Gasteiger partial charge in [0.1, 0.15) is 5.82 Å². The fraction of sp³-hybridized carbons (Fsp3) is 0.381. The number of carbonyl (C=O) groups excluding carboxylic acids is 1. The van der Waals surface area contributed by atoms with Gasteiger partial charge in [0.2, 0.25) is 5.91 Å². The Balaban J connectivity index is 1.63. The van der Waals surface area contributed by atoms with Crippen molar-refractivity contribution >= 4 is 17.9 Å². The Kier molecular flexibility index (Phi) is 5.64. The lowest BCUT2D eigenvalue weighted by atomic mass is 9.94. The zero-order chi connectivity index (χ0) is 21.2. The second-order valence-electron chi connectivity index (χ2n) is 7.34. The Morgan fingerprint density at radius 2 is 1.97 bits per heavy atom. The monoisotopic (exact) mass is 404 g/mol. The molecule has 1 fully saturated rings. The average Bonchev–Trinajstić information content (AvgIpc) is 3.50. The predicted octanol–water partition coefficient (Wildman–Crippen LogP) is 4.13. The van der Waals surface area contributed by atoms with Gasteiger partial charge in [0.15, 0.2) is 0 Å². The summed E-state index contributed by atoms with van der Waals surface area (Å²) in [6.45, 7) is 1.81. The molecule has 1 unspecified atom stereocenters. The number of nitrogens with one attached hydrogen (secondary N) is 3. The minimum Gasteiger partial charge on any atom is -0.373 e. The van der Waals surface area contributed by atoms with Gasteiger partial charge in [0.05, 0.1) is 17.9 Å². The largest absolute Gasteiger partial charge is 0.398 e. The molecule has 0 aliphatic heterocycles. The lowest BCUT2D eigenvalue weighted by Crippen LogP contribution is -2.29. The van der Waals surface area contributed by atoms with E-state index in [1.807, 2.05) is 6.92 Å². The molecular weight excluding hydrogens is 381 g/mol. The first-order chi connectivity index (χ1) is 13.7. The number of pyridine rings is 1. The van der Waals surface area contributed by atoms with Crippen LogP contribution in [-0.4, -0.2) is 30.3 Å². The summed E-state index contributed by atoms with van der Waals surface area (Å²) in [5.74, 6) is 0.339. The number of amides is 1. The van der Waals surface area contributed by atoms with Gasteiger partial charge in [0, 0.05) is 25.0 Å². The van der Waals surface area contributed by atoms with Crippen LogP contribution in [0.2, 0.25) is 0 Å². The Morgan fingerprint density at radius 3 is 2.48 bits per heavy atom. The second kappa shape index (κ2) is 7.85. The molecule has 1 heterocycles. The van der Waals surface area contributed by atoms with Crippen LogP contribution in [0.5, 0.6) is 0 Å². The van der Waals surface area contributed by atoms with E-state index in [0.717, 1.165) is 5.56 Å². The topological polar surface area (TPSA) is 77.9 Å². The van der Waals surface area contributed by atoms with E-state index in [4.69, 9.17) is 5.41 Å². The molecule has 3 N–H and O–H groups in total. The molecular formula is C21H23F3N4O. The highest BCUT2D eigenvalue weighted by Crippen LogP contribution is 2.58. The first-order valence-electron chi connectivity index (χ1n) is 9.34. The van der Waals surface area contributed by atoms with E-state index < -0.39 is 11.6 Å². The smallest absolute Gasteiger partial charge is 0.373 e. The minimum absolute atomic E-state index is 0.0725. The normalized spacial score (nSPS) is 16.0. The Bertz CT molecular complexity index is 905. The van der Waals surface area contributed by atoms with Gasteiger partial charge >= 0.3 is 6.18 Å². The van der Waals surface area contributed by atoms with Crippen molar-refractivity contribution in [2.24, 2.45) is 0 Å². The van der Waals surface area contributed by atoms with Gasteiger partial charge in [-0.2, -0.15) is 13.2 Å². The van der Waals surface area contributed by atoms with Gasteiger partial charge in [-0.25, -0.2) is 4.98 Å². The standard InChI is InChI=1S/C21H23F3N4O/c1-13(16-10-15(11-25)19(26-2)27-12-16)28-18(29)9-14-3-5-17(6-4-14)20(7-8-20)21(22,23)24/h3-6,10-13,25H,7-9H2,1-2H3,(H,26,27)(H,28,29). The molecule has 1 aliphatic rings. The molecule has 1 amide bonds. The number of aromatic nitrogens is 1. The molecule has 0 spiro atoms. The van der Waals surface area contributed by atoms with Crippen LogP contribution in [-0.2, 0) is 16.6 Å². The van der Waals surface area contributed by atoms with Crippen molar-refractivity contribution in [2.45, 2.75) is 43.8 Å². The summed E-state index contributed by atoms with van der Waals surface area (Å²) in [5, 5.41) is 13.2. The van der Waals surface area contributed by atoms with E-state index in [1.54, 1.807) is 31.4 Å². The third kappa shape index (κ3) is 4.26. The highest BCUT2D eigenvalue weighted by atomic mass is 19.4. The lowest BCUT2D eigenvalue weighted by Gasteiger charge is -2.20. The molecule has 1 aliphatic carbocycles. The van der Waals surface area contributed by atoms with Gasteiger partial charge in [-0.15, -0.1) is 0 Å². The van der Waals surface area contributed by atoms with Crippen LogP contribution in [0, 0.1) is 5.41 Å². The van der Waals surface area contributed by atoms with E-state index in [-0.39, 0.29) is 36.8 Å². The number of nitrogens with zero attached hydrogens (tertiary/aromatic N) is 1. The SMILES string of the molecule is CNc1ncc(C(C)NC(=O)Cc2ccc(C3(C(F)(F)F)CC3)cc2)cc1C=N. The van der Waals surface area contributed by atoms with Crippen LogP contribution in [0.1, 0.15) is 48.1 Å². The third-order valence-electron chi connectivity index (χ3n) is 5.37. The number of alkyl halides is 3. The summed E-state index contributed by atoms with van der Waals surface area (Å²) in [4.78, 5) is 16.6. The van der Waals surface area contributed by atoms with E-state index in [9.17, 15) is 18.0 Å². The van der Waals surface area contributed by atoms with Crippen LogP contribution in [0.4, 0.5) is 19.0 Å². The summed E-state index contributed by atoms with van der Waals surface area (Å²) in [5.41, 5.74) is 0.576. The predicted molar refractivity (Wildman–Crippen MR) is 105 cm³/mol. The summed E-state index contributed by atoms with van der Waals surface area (Å²) in [6, 6.07) is 7.58. The number of rotatable bonds is 7. The highest BCUT2D eigenvalue weighted by molar-refractivity contribution is 5.84. The van der Waals surface area contributed by atoms with Crippen molar-refractivity contribution in [3.8, 4) is 0 Å². The molecule has 1 aromatic carbocycles. The summed E-state index contributed by atoms with van der Waals surface area (Å²) in [7, 11) is 1.71. The van der Waals surface area contributed by atoms with E-state index in [1.165, 1.54) is 18.3 Å². The molecule has 1 saturated carbocycles. The third-order valence-corrected chi connectivity index (χ3v) is 5.37. The highest BCUT2D eigenvalue weighted by Gasteiger charge is 2.64. The van der Waals surface area contributed by atoms with E-state index in [0.29, 0.717) is 16.9 Å². The van der Waals surface area contributed by atoms with Gasteiger partial charge in [-0.1, -0.05) is 24.3 Å². The summed E-state index contributed by atoms with van der Waals surface area (Å²) >= 11 is 0. The number of hydrogen-bond acceptors (Lipinski definition) is 4. The summed E-state index contributed by atoms with van der Waals surface area (Å²) in [6.07, 6.45) is -1.12. The number of carbonyl (C=O) groups is 1. The molecule has 1 atom stereocenters. The first kappa shape index (κ1) is 20.8. The minimum atomic E-state index is -4.24. The van der Waals surface area contributed by atoms with Crippen molar-refractivity contribution in [3.63, 3.8) is 0 Å². The van der Waals surface area contributed by atoms with Crippen molar-refractivity contribution in [1.82, 2.24) is 10.3 Å². The fourth-order valence-electron chi connectivity index (χ4n) is 3.42. The Morgan fingerprint density at radius 1 is 1.31 bits per heavy atom. The lowest BCUT2D eigenvalue weighted by molar-refractivity contribution is -0.160. The molecule has 1 aromatic heterocycles. The van der Waals surface area contributed by atoms with Crippen molar-refractivity contribution in [3.05, 3.63) is 58.8 Å². The molecule has 29 heavy (non-hydrogen) atoms. The van der Waals surface area contributed by atoms with Crippen LogP contribution in [0.15, 0.2) is 36.5 Å². The molecule has 2 aromatic rings. The first-order valence-corrected chi connectivity index (χ1v) is 9.34. The summed E-state index contributed by atoms with van der Waals surface area (Å²) < 4.78 is 39.6. The van der Waals surface area contributed by atoms with Gasteiger partial charge in [0.25, 0.3) is 0 Å². The molecule has 0 radical (unpaired) electrons. The molecule has 8 heteroatoms. The van der Waals surface area contributed by atoms with Crippen LogP contribution >= 0.6 is 0 Å². The van der Waals surface area contributed by atoms with Crippen molar-refractivity contribution < 1.29 is 18.0 Å². The van der Waals surface area contributed by atoms with Gasteiger partial charge in [-0.3, -0.25) is 4.79 Å². The molecule has 154 valence electrons. The maximum absolute atomic E-state index is 13.2. The van der Waals surface area contributed by atoms with Gasteiger partial charge in [-0.05, 0) is 42.5 Å². The molecule has 3 rings (SSSR count). The number of hydrogen-bond donors (Lipinski definition) is 3. The molecule has 0 bridgehead atoms. The van der Waals surface area contributed by atoms with Crippen molar-refractivity contribution in [2.75, 3.05) is 12.4 Å². The number of halogens is 3. The molecule has 5 nitrogen and oxygen atoms in total. The Labute approximate surface area is 167 Å². The maximum Gasteiger partial charge on any atom is 0.398 e. The van der Waals surface area contributed by atoms with Crippen LogP contribution < -0.4 is 10.6 Å². The van der Waals surface area contributed by atoms with Crippen molar-refractivity contribution in [1.29, 1.82) is 5.41 Å². The Hall–Kier alpha value is -2.90. The zero-order valence-electron chi connectivity index (χ0n) is 16.2. The van der Waals surface area contributed by atoms with Gasteiger partial charge < -0.3 is 16.0 Å². The van der Waals surface area contributed by atoms with Crippen LogP contribution in [0.25, 0.3) is 0 Å². The molecule has 0 saturated heterocycles. The van der Waals surface area contributed by atoms with E-state index >= 15 is 0 Å². The maximum atomic E-state index is 13.2. The fourth-order valence-corrected chi connectivity index (χ4v) is 3.42. The van der Waals surface area contributed by atoms with E-state index in [2.05, 4.69) is 15.6 Å². The average molecular weight is 404 g/mol. The zero-order valence-corrected chi connectivity index (χ0v) is 16.2. The number of anilines is 1.